The van der Waals surface area contributed by atoms with Gasteiger partial charge in [-0.1, -0.05) is 25.8 Å². The van der Waals surface area contributed by atoms with Crippen LogP contribution in [0.5, 0.6) is 5.75 Å². The van der Waals surface area contributed by atoms with Crippen molar-refractivity contribution in [2.24, 2.45) is 11.8 Å². The molecule has 2 bridgehead atoms. The molecule has 162 valence electrons. The van der Waals surface area contributed by atoms with Crippen molar-refractivity contribution >= 4 is 10.9 Å². The zero-order valence-electron chi connectivity index (χ0n) is 18.6. The van der Waals surface area contributed by atoms with Crippen molar-refractivity contribution in [3.8, 4) is 5.75 Å². The van der Waals surface area contributed by atoms with Crippen LogP contribution >= 0.6 is 0 Å². The van der Waals surface area contributed by atoms with Gasteiger partial charge < -0.3 is 14.3 Å². The van der Waals surface area contributed by atoms with Crippen LogP contribution in [0.1, 0.15) is 57.1 Å². The molecule has 4 heteroatoms. The number of pyridine rings is 1. The van der Waals surface area contributed by atoms with E-state index in [2.05, 4.69) is 24.6 Å². The fourth-order valence-corrected chi connectivity index (χ4v) is 6.08. The smallest absolute Gasteiger partial charge is 0.131 e. The number of benzene rings is 1. The predicted molar refractivity (Wildman–Crippen MR) is 122 cm³/mol. The maximum absolute atomic E-state index is 11.7. The first-order valence-electron chi connectivity index (χ1n) is 11.7. The summed E-state index contributed by atoms with van der Waals surface area (Å²) in [5.74, 6) is 2.05. The van der Waals surface area contributed by atoms with Gasteiger partial charge in [0.25, 0.3) is 0 Å². The predicted octanol–water partition coefficient (Wildman–Crippen LogP) is 5.27. The number of hydrogen-bond donors (Lipinski definition) is 1. The molecule has 30 heavy (non-hydrogen) atoms. The number of unbranched alkanes of at least 4 members (excludes halogenated alkanes) is 3. The van der Waals surface area contributed by atoms with E-state index in [4.69, 9.17) is 4.74 Å². The van der Waals surface area contributed by atoms with Crippen molar-refractivity contribution in [2.45, 2.75) is 57.6 Å². The van der Waals surface area contributed by atoms with Crippen LogP contribution in [0.15, 0.2) is 43.1 Å². The molecule has 2 aromatic rings. The number of ether oxygens (including phenoxy) is 1. The summed E-state index contributed by atoms with van der Waals surface area (Å²) in [5.41, 5.74) is 1.92. The number of aliphatic hydroxyl groups excluding tert-OH is 1. The third-order valence-corrected chi connectivity index (χ3v) is 7.80. The van der Waals surface area contributed by atoms with Gasteiger partial charge in [-0.3, -0.25) is 4.98 Å². The molecule has 3 fully saturated rings. The summed E-state index contributed by atoms with van der Waals surface area (Å²) >= 11 is 0. The van der Waals surface area contributed by atoms with Gasteiger partial charge in [0, 0.05) is 30.3 Å². The highest BCUT2D eigenvalue weighted by Gasteiger charge is 2.53. The maximum atomic E-state index is 11.7. The summed E-state index contributed by atoms with van der Waals surface area (Å²) in [6.45, 7) is 9.90. The average molecular weight is 410 g/mol. The first-order valence-corrected chi connectivity index (χ1v) is 11.7. The van der Waals surface area contributed by atoms with Gasteiger partial charge in [-0.2, -0.15) is 0 Å². The molecule has 1 aromatic heterocycles. The molecular formula is C26H37N2O2+. The van der Waals surface area contributed by atoms with E-state index in [1.807, 2.05) is 30.5 Å². The molecule has 0 spiro atoms. The van der Waals surface area contributed by atoms with Crippen molar-refractivity contribution in [2.75, 3.05) is 26.7 Å². The quantitative estimate of drug-likeness (QED) is 0.349. The van der Waals surface area contributed by atoms with Crippen LogP contribution in [0.3, 0.4) is 0 Å². The highest BCUT2D eigenvalue weighted by atomic mass is 16.5. The maximum Gasteiger partial charge on any atom is 0.131 e. The summed E-state index contributed by atoms with van der Waals surface area (Å²) in [6, 6.07) is 8.21. The normalized spacial score (nSPS) is 29.1. The molecule has 0 amide bonds. The van der Waals surface area contributed by atoms with E-state index in [-0.39, 0.29) is 6.04 Å². The Labute approximate surface area is 181 Å². The van der Waals surface area contributed by atoms with E-state index in [0.29, 0.717) is 11.8 Å². The number of methoxy groups -OCH3 is 1. The number of fused-ring (bicyclic) bond motifs is 4. The van der Waals surface area contributed by atoms with E-state index in [1.165, 1.54) is 45.2 Å². The first-order chi connectivity index (χ1) is 14.6. The van der Waals surface area contributed by atoms with Crippen LogP contribution in [0.25, 0.3) is 10.9 Å². The molecule has 5 atom stereocenters. The lowest BCUT2D eigenvalue weighted by molar-refractivity contribution is -0.973. The van der Waals surface area contributed by atoms with Crippen LogP contribution in [0, 0.1) is 11.8 Å². The van der Waals surface area contributed by atoms with Crippen LogP contribution in [0.4, 0.5) is 0 Å². The molecule has 3 saturated heterocycles. The van der Waals surface area contributed by atoms with Crippen molar-refractivity contribution < 1.29 is 14.3 Å². The second kappa shape index (κ2) is 9.07. The number of nitrogens with zero attached hydrogens (tertiary/aromatic N) is 2. The molecule has 5 rings (SSSR count). The standard InChI is InChI=1S/C26H37N2O2/c1-4-6-7-8-14-28-15-12-20(19(5-2)18-28)16-25(28)26(29)22-11-13-27-24-10-9-21(30-3)17-23(22)24/h5,9-11,13,17,19-20,25-26,29H,2,4,6-8,12,14-16,18H2,1,3H3/q+1. The average Bonchev–Trinajstić information content (AvgIpc) is 2.80. The van der Waals surface area contributed by atoms with Crippen LogP contribution < -0.4 is 4.74 Å². The topological polar surface area (TPSA) is 42.4 Å². The van der Waals surface area contributed by atoms with Crippen molar-refractivity contribution in [1.82, 2.24) is 4.98 Å². The van der Waals surface area contributed by atoms with Crippen molar-refractivity contribution in [1.29, 1.82) is 0 Å². The number of piperidine rings is 3. The Morgan fingerprint density at radius 2 is 2.17 bits per heavy atom. The largest absolute Gasteiger partial charge is 0.497 e. The van der Waals surface area contributed by atoms with Crippen molar-refractivity contribution in [3.05, 3.63) is 48.7 Å². The Morgan fingerprint density at radius 3 is 2.93 bits per heavy atom. The fourth-order valence-electron chi connectivity index (χ4n) is 6.08. The highest BCUT2D eigenvalue weighted by Crippen LogP contribution is 2.47. The Kier molecular flexibility index (Phi) is 6.45. The Bertz CT molecular complexity index is 882. The summed E-state index contributed by atoms with van der Waals surface area (Å²) in [6.07, 6.45) is 11.0. The second-order valence-electron chi connectivity index (χ2n) is 9.39. The van der Waals surface area contributed by atoms with Crippen molar-refractivity contribution in [3.63, 3.8) is 0 Å². The van der Waals surface area contributed by atoms with E-state index < -0.39 is 6.10 Å². The summed E-state index contributed by atoms with van der Waals surface area (Å²) < 4.78 is 6.50. The van der Waals surface area contributed by atoms with E-state index in [9.17, 15) is 5.11 Å². The van der Waals surface area contributed by atoms with Crippen LogP contribution in [-0.2, 0) is 0 Å². The molecule has 1 N–H and O–H groups in total. The molecule has 4 heterocycles. The van der Waals surface area contributed by atoms with Gasteiger partial charge in [0.15, 0.2) is 0 Å². The van der Waals surface area contributed by atoms with Gasteiger partial charge in [-0.25, -0.2) is 0 Å². The van der Waals surface area contributed by atoms with E-state index in [1.54, 1.807) is 7.11 Å². The van der Waals surface area contributed by atoms with Gasteiger partial charge in [0.05, 0.1) is 32.3 Å². The lowest BCUT2D eigenvalue weighted by atomic mass is 9.71. The number of rotatable bonds is 9. The molecule has 0 radical (unpaired) electrons. The van der Waals surface area contributed by atoms with Gasteiger partial charge in [0.2, 0.25) is 0 Å². The minimum absolute atomic E-state index is 0.248. The first kappa shape index (κ1) is 21.3. The zero-order chi connectivity index (χ0) is 21.1. The minimum Gasteiger partial charge on any atom is -0.497 e. The second-order valence-corrected chi connectivity index (χ2v) is 9.39. The highest BCUT2D eigenvalue weighted by molar-refractivity contribution is 5.83. The number of aliphatic hydroxyl groups is 1. The lowest BCUT2D eigenvalue weighted by Crippen LogP contribution is -2.68. The third kappa shape index (κ3) is 3.88. The molecule has 0 saturated carbocycles. The Hall–Kier alpha value is -1.91. The summed E-state index contributed by atoms with van der Waals surface area (Å²) in [5, 5.41) is 12.8. The molecule has 5 unspecified atom stereocenters. The molecule has 4 nitrogen and oxygen atoms in total. The monoisotopic (exact) mass is 409 g/mol. The molecule has 0 aliphatic carbocycles. The third-order valence-electron chi connectivity index (χ3n) is 7.80. The Morgan fingerprint density at radius 1 is 1.30 bits per heavy atom. The summed E-state index contributed by atoms with van der Waals surface area (Å²) in [4.78, 5) is 4.52. The van der Waals surface area contributed by atoms with E-state index in [0.717, 1.165) is 39.7 Å². The van der Waals surface area contributed by atoms with Crippen LogP contribution in [0.2, 0.25) is 0 Å². The number of quaternary nitrogens is 1. The van der Waals surface area contributed by atoms with Gasteiger partial charge in [-0.05, 0) is 48.6 Å². The lowest BCUT2D eigenvalue weighted by Gasteiger charge is -2.58. The molecular weight excluding hydrogens is 372 g/mol. The SMILES string of the molecule is C=CC1C[N+]2(CCCCCC)CCC1CC2C(O)c1ccnc2ccc(OC)cc12. The van der Waals surface area contributed by atoms with Gasteiger partial charge >= 0.3 is 0 Å². The molecule has 3 aliphatic heterocycles. The van der Waals surface area contributed by atoms with Gasteiger partial charge in [-0.15, -0.1) is 6.58 Å². The van der Waals surface area contributed by atoms with Gasteiger partial charge in [0.1, 0.15) is 17.9 Å². The van der Waals surface area contributed by atoms with E-state index >= 15 is 0 Å². The minimum atomic E-state index is -0.484. The zero-order valence-corrected chi connectivity index (χ0v) is 18.6. The number of aromatic nitrogens is 1. The number of hydrogen-bond acceptors (Lipinski definition) is 3. The molecule has 3 aliphatic rings. The Balaban J connectivity index is 1.67. The fraction of sp³-hybridized carbons (Fsp3) is 0.577. The molecule has 1 aromatic carbocycles. The van der Waals surface area contributed by atoms with Crippen LogP contribution in [-0.4, -0.2) is 47.4 Å². The summed E-state index contributed by atoms with van der Waals surface area (Å²) in [7, 11) is 1.69.